The molecule has 0 unspecified atom stereocenters. The third kappa shape index (κ3) is 2.67. The number of nitrogens with zero attached hydrogens (tertiary/aromatic N) is 1. The molecule has 0 fully saturated rings. The molecule has 0 amide bonds. The maximum absolute atomic E-state index is 11.7. The molecule has 2 rings (SSSR count). The van der Waals surface area contributed by atoms with Gasteiger partial charge in [0.05, 0.1) is 0 Å². The van der Waals surface area contributed by atoms with Crippen LogP contribution in [0.1, 0.15) is 24.8 Å². The van der Waals surface area contributed by atoms with E-state index in [2.05, 4.69) is 5.32 Å². The third-order valence-electron chi connectivity index (χ3n) is 2.98. The highest BCUT2D eigenvalue weighted by Gasteiger charge is 2.13. The van der Waals surface area contributed by atoms with Crippen LogP contribution in [0.3, 0.4) is 0 Å². The number of aliphatic carboxylic acids is 1. The van der Waals surface area contributed by atoms with Gasteiger partial charge in [0.25, 0.3) is 5.56 Å². The van der Waals surface area contributed by atoms with Gasteiger partial charge in [0.1, 0.15) is 5.82 Å². The molecule has 0 saturated heterocycles. The minimum absolute atomic E-state index is 0.0199. The predicted octanol–water partition coefficient (Wildman–Crippen LogP) is 1.07. The molecule has 2 N–H and O–H groups in total. The Morgan fingerprint density at radius 1 is 1.41 bits per heavy atom. The van der Waals surface area contributed by atoms with Crippen LogP contribution in [-0.2, 0) is 17.8 Å². The Morgan fingerprint density at radius 3 is 3.00 bits per heavy atom. The Labute approximate surface area is 99.1 Å². The van der Waals surface area contributed by atoms with E-state index < -0.39 is 5.97 Å². The summed E-state index contributed by atoms with van der Waals surface area (Å²) in [7, 11) is 0. The van der Waals surface area contributed by atoms with E-state index in [0.29, 0.717) is 13.0 Å². The van der Waals surface area contributed by atoms with Gasteiger partial charge in [-0.3, -0.25) is 14.2 Å². The van der Waals surface area contributed by atoms with Crippen LogP contribution < -0.4 is 10.9 Å². The average molecular weight is 236 g/mol. The van der Waals surface area contributed by atoms with Gasteiger partial charge in [0.2, 0.25) is 0 Å². The minimum atomic E-state index is -0.816. The molecule has 0 aliphatic carbocycles. The van der Waals surface area contributed by atoms with Crippen molar-refractivity contribution in [2.75, 3.05) is 11.9 Å². The summed E-state index contributed by atoms with van der Waals surface area (Å²) in [5.41, 5.74) is 0.891. The Kier molecular flexibility index (Phi) is 3.46. The van der Waals surface area contributed by atoms with Crippen molar-refractivity contribution in [2.24, 2.45) is 0 Å². The Morgan fingerprint density at radius 2 is 2.24 bits per heavy atom. The summed E-state index contributed by atoms with van der Waals surface area (Å²) < 4.78 is 1.71. The second kappa shape index (κ2) is 5.03. The Bertz CT molecular complexity index is 479. The van der Waals surface area contributed by atoms with Gasteiger partial charge in [-0.15, -0.1) is 0 Å². The zero-order valence-electron chi connectivity index (χ0n) is 9.61. The summed E-state index contributed by atoms with van der Waals surface area (Å²) >= 11 is 0. The average Bonchev–Trinajstić information content (AvgIpc) is 2.54. The lowest BCUT2D eigenvalue weighted by Gasteiger charge is -2.14. The van der Waals surface area contributed by atoms with Crippen LogP contribution in [0.25, 0.3) is 0 Å². The van der Waals surface area contributed by atoms with Crippen molar-refractivity contribution in [1.29, 1.82) is 0 Å². The van der Waals surface area contributed by atoms with Gasteiger partial charge >= 0.3 is 5.97 Å². The van der Waals surface area contributed by atoms with Crippen LogP contribution in [-0.4, -0.2) is 22.2 Å². The highest BCUT2D eigenvalue weighted by Crippen LogP contribution is 2.18. The van der Waals surface area contributed by atoms with Crippen molar-refractivity contribution in [2.45, 2.75) is 32.2 Å². The molecule has 0 saturated carbocycles. The fraction of sp³-hybridized carbons (Fsp3) is 0.500. The molecule has 1 aliphatic rings. The van der Waals surface area contributed by atoms with Crippen LogP contribution >= 0.6 is 0 Å². The normalized spacial score (nSPS) is 14.6. The first-order valence-corrected chi connectivity index (χ1v) is 5.87. The van der Waals surface area contributed by atoms with Crippen LogP contribution in [0.15, 0.2) is 16.9 Å². The molecule has 0 bridgehead atoms. The largest absolute Gasteiger partial charge is 0.481 e. The van der Waals surface area contributed by atoms with E-state index in [0.717, 1.165) is 30.8 Å². The molecule has 1 aromatic rings. The van der Waals surface area contributed by atoms with Crippen molar-refractivity contribution in [3.63, 3.8) is 0 Å². The van der Waals surface area contributed by atoms with Gasteiger partial charge in [-0.2, -0.15) is 0 Å². The van der Waals surface area contributed by atoms with E-state index in [1.807, 2.05) is 0 Å². The van der Waals surface area contributed by atoms with Crippen molar-refractivity contribution in [1.82, 2.24) is 4.57 Å². The highest BCUT2D eigenvalue weighted by atomic mass is 16.4. The van der Waals surface area contributed by atoms with Gasteiger partial charge in [-0.1, -0.05) is 0 Å². The summed E-state index contributed by atoms with van der Waals surface area (Å²) in [6.07, 6.45) is 2.55. The van der Waals surface area contributed by atoms with Crippen LogP contribution in [0.4, 0.5) is 5.82 Å². The van der Waals surface area contributed by atoms with E-state index in [9.17, 15) is 9.59 Å². The SMILES string of the molecule is O=C(O)CCc1ccc(=O)n2c1NCCCC2. The third-order valence-corrected chi connectivity index (χ3v) is 2.98. The zero-order valence-corrected chi connectivity index (χ0v) is 9.61. The van der Waals surface area contributed by atoms with E-state index in [4.69, 9.17) is 5.11 Å². The summed E-state index contributed by atoms with van der Waals surface area (Å²) in [6, 6.07) is 3.25. The van der Waals surface area contributed by atoms with E-state index in [1.165, 1.54) is 6.07 Å². The van der Waals surface area contributed by atoms with Crippen LogP contribution in [0.2, 0.25) is 0 Å². The van der Waals surface area contributed by atoms with E-state index in [-0.39, 0.29) is 12.0 Å². The second-order valence-corrected chi connectivity index (χ2v) is 4.22. The topological polar surface area (TPSA) is 71.3 Å². The quantitative estimate of drug-likeness (QED) is 0.823. The number of hydrogen-bond donors (Lipinski definition) is 2. The lowest BCUT2D eigenvalue weighted by atomic mass is 10.1. The summed E-state index contributed by atoms with van der Waals surface area (Å²) in [5, 5.41) is 11.9. The first-order valence-electron chi connectivity index (χ1n) is 5.87. The first-order chi connectivity index (χ1) is 8.18. The molecule has 1 aliphatic heterocycles. The standard InChI is InChI=1S/C12H16N2O3/c15-10-5-3-9(4-6-11(16)17)12-13-7-1-2-8-14(10)12/h3,5,13H,1-2,4,6-8H2,(H,16,17). The molecule has 1 aromatic heterocycles. The number of aromatic nitrogens is 1. The van der Waals surface area contributed by atoms with Gasteiger partial charge in [0, 0.05) is 25.6 Å². The molecule has 0 aromatic carbocycles. The Hall–Kier alpha value is -1.78. The van der Waals surface area contributed by atoms with Crippen molar-refractivity contribution >= 4 is 11.8 Å². The van der Waals surface area contributed by atoms with Crippen LogP contribution in [0.5, 0.6) is 0 Å². The fourth-order valence-corrected chi connectivity index (χ4v) is 2.10. The molecule has 17 heavy (non-hydrogen) atoms. The number of anilines is 1. The zero-order chi connectivity index (χ0) is 12.3. The number of aryl methyl sites for hydroxylation is 1. The summed E-state index contributed by atoms with van der Waals surface area (Å²) in [4.78, 5) is 22.3. The van der Waals surface area contributed by atoms with E-state index >= 15 is 0 Å². The molecule has 5 nitrogen and oxygen atoms in total. The Balaban J connectivity index is 2.33. The lowest BCUT2D eigenvalue weighted by Crippen LogP contribution is -2.22. The van der Waals surface area contributed by atoms with Crippen molar-refractivity contribution < 1.29 is 9.90 Å². The fourth-order valence-electron chi connectivity index (χ4n) is 2.10. The lowest BCUT2D eigenvalue weighted by molar-refractivity contribution is -0.136. The number of carboxylic acid groups (broad SMARTS) is 1. The smallest absolute Gasteiger partial charge is 0.303 e. The van der Waals surface area contributed by atoms with Crippen molar-refractivity contribution in [3.8, 4) is 0 Å². The maximum atomic E-state index is 11.7. The number of pyridine rings is 1. The monoisotopic (exact) mass is 236 g/mol. The number of nitrogens with one attached hydrogen (secondary N) is 1. The number of hydrogen-bond acceptors (Lipinski definition) is 3. The molecular weight excluding hydrogens is 220 g/mol. The number of carbonyl (C=O) groups is 1. The summed E-state index contributed by atoms with van der Waals surface area (Å²) in [6.45, 7) is 1.55. The molecule has 2 heterocycles. The van der Waals surface area contributed by atoms with Crippen molar-refractivity contribution in [3.05, 3.63) is 28.0 Å². The molecule has 0 spiro atoms. The first kappa shape index (κ1) is 11.7. The van der Waals surface area contributed by atoms with Gasteiger partial charge in [-0.05, 0) is 30.9 Å². The van der Waals surface area contributed by atoms with E-state index in [1.54, 1.807) is 10.6 Å². The molecular formula is C12H16N2O3. The van der Waals surface area contributed by atoms with Gasteiger partial charge < -0.3 is 10.4 Å². The summed E-state index contributed by atoms with van der Waals surface area (Å²) in [5.74, 6) is -0.0141. The van der Waals surface area contributed by atoms with Gasteiger partial charge in [0.15, 0.2) is 0 Å². The molecule has 92 valence electrons. The second-order valence-electron chi connectivity index (χ2n) is 4.22. The van der Waals surface area contributed by atoms with Crippen LogP contribution in [0, 0.1) is 0 Å². The number of carboxylic acids is 1. The van der Waals surface area contributed by atoms with Gasteiger partial charge in [-0.25, -0.2) is 0 Å². The minimum Gasteiger partial charge on any atom is -0.481 e. The predicted molar refractivity (Wildman–Crippen MR) is 64.4 cm³/mol. The molecule has 0 radical (unpaired) electrons. The number of fused-ring (bicyclic) bond motifs is 1. The maximum Gasteiger partial charge on any atom is 0.303 e. The molecule has 5 heteroatoms. The number of rotatable bonds is 3. The molecule has 0 atom stereocenters. The highest BCUT2D eigenvalue weighted by molar-refractivity contribution is 5.67.